The molecule has 0 radical (unpaired) electrons. The van der Waals surface area contributed by atoms with E-state index in [1.165, 1.54) is 17.8 Å². The van der Waals surface area contributed by atoms with Gasteiger partial charge in [-0.05, 0) is 48.5 Å². The molecule has 2 N–H and O–H groups in total. The Morgan fingerprint density at radius 3 is 2.33 bits per heavy atom. The first-order valence-corrected chi connectivity index (χ1v) is 10.2. The maximum atomic E-state index is 13.0. The van der Waals surface area contributed by atoms with E-state index in [4.69, 9.17) is 0 Å². The number of benzene rings is 2. The molecular formula is C22H25FN6O. The van der Waals surface area contributed by atoms with Crippen LogP contribution < -0.4 is 15.8 Å². The molecule has 1 saturated heterocycles. The second kappa shape index (κ2) is 9.04. The van der Waals surface area contributed by atoms with Crippen molar-refractivity contribution < 1.29 is 4.39 Å². The Labute approximate surface area is 174 Å². The maximum absolute atomic E-state index is 13.0. The molecule has 30 heavy (non-hydrogen) atoms. The molecule has 2 heterocycles. The van der Waals surface area contributed by atoms with Gasteiger partial charge in [-0.25, -0.2) is 4.39 Å². The molecule has 1 aliphatic heterocycles. The topological polar surface area (TPSA) is 77.2 Å². The lowest BCUT2D eigenvalue weighted by Gasteiger charge is -2.35. The Hall–Kier alpha value is -3.26. The number of likely N-dealkylation sites (N-methyl/N-ethyl adjacent to an activating group) is 1. The fourth-order valence-electron chi connectivity index (χ4n) is 3.54. The molecule has 8 heteroatoms. The number of hydrogen-bond acceptors (Lipinski definition) is 6. The molecule has 3 aromatic rings. The molecular weight excluding hydrogens is 383 g/mol. The molecule has 0 atom stereocenters. The van der Waals surface area contributed by atoms with Crippen molar-refractivity contribution in [2.24, 2.45) is 0 Å². The number of aromatic nitrogens is 3. The molecule has 0 saturated carbocycles. The largest absolute Gasteiger partial charge is 0.369 e. The second-order valence-corrected chi connectivity index (χ2v) is 7.35. The van der Waals surface area contributed by atoms with Crippen LogP contribution >= 0.6 is 0 Å². The van der Waals surface area contributed by atoms with Crippen molar-refractivity contribution in [1.82, 2.24) is 20.1 Å². The molecule has 0 unspecified atom stereocenters. The number of aromatic amines is 1. The first-order chi connectivity index (χ1) is 14.6. The second-order valence-electron chi connectivity index (χ2n) is 7.35. The van der Waals surface area contributed by atoms with E-state index in [0.29, 0.717) is 6.42 Å². The lowest BCUT2D eigenvalue weighted by Crippen LogP contribution is -2.46. The van der Waals surface area contributed by atoms with Gasteiger partial charge >= 0.3 is 0 Å². The van der Waals surface area contributed by atoms with Gasteiger partial charge in [-0.1, -0.05) is 19.1 Å². The number of H-pyrrole nitrogens is 1. The zero-order chi connectivity index (χ0) is 20.9. The van der Waals surface area contributed by atoms with Gasteiger partial charge in [0.15, 0.2) is 0 Å². The Balaban J connectivity index is 1.39. The third-order valence-electron chi connectivity index (χ3n) is 5.36. The molecule has 1 aliphatic rings. The van der Waals surface area contributed by atoms with Gasteiger partial charge < -0.3 is 15.1 Å². The predicted octanol–water partition coefficient (Wildman–Crippen LogP) is 2.78. The summed E-state index contributed by atoms with van der Waals surface area (Å²) in [5.41, 5.74) is 2.77. The highest BCUT2D eigenvalue weighted by Crippen LogP contribution is 2.20. The van der Waals surface area contributed by atoms with Crippen LogP contribution in [0.3, 0.4) is 0 Å². The first kappa shape index (κ1) is 20.0. The van der Waals surface area contributed by atoms with Crippen molar-refractivity contribution in [2.75, 3.05) is 42.9 Å². The smallest absolute Gasteiger partial charge is 0.274 e. The highest BCUT2D eigenvalue weighted by atomic mass is 19.1. The number of rotatable bonds is 6. The van der Waals surface area contributed by atoms with E-state index in [9.17, 15) is 9.18 Å². The van der Waals surface area contributed by atoms with E-state index in [-0.39, 0.29) is 23.0 Å². The summed E-state index contributed by atoms with van der Waals surface area (Å²) in [5.74, 6) is -0.0281. The normalized spacial score (nSPS) is 14.7. The van der Waals surface area contributed by atoms with Crippen molar-refractivity contribution in [1.29, 1.82) is 0 Å². The van der Waals surface area contributed by atoms with Crippen LogP contribution in [0, 0.1) is 5.82 Å². The fourth-order valence-corrected chi connectivity index (χ4v) is 3.54. The van der Waals surface area contributed by atoms with Gasteiger partial charge in [0.1, 0.15) is 11.5 Å². The molecule has 1 aromatic heterocycles. The average molecular weight is 408 g/mol. The Morgan fingerprint density at radius 2 is 1.70 bits per heavy atom. The SMILES string of the molecule is CCN1CCN(c2ccc(Nc3nnc(Cc4ccc(F)cc4)c(=O)[nH]3)cc2)CC1. The minimum Gasteiger partial charge on any atom is -0.369 e. The number of anilines is 3. The van der Waals surface area contributed by atoms with Gasteiger partial charge in [0.25, 0.3) is 5.56 Å². The monoisotopic (exact) mass is 408 g/mol. The number of nitrogens with zero attached hydrogens (tertiary/aromatic N) is 4. The van der Waals surface area contributed by atoms with Gasteiger partial charge in [0.05, 0.1) is 0 Å². The van der Waals surface area contributed by atoms with E-state index < -0.39 is 0 Å². The average Bonchev–Trinajstić information content (AvgIpc) is 2.78. The van der Waals surface area contributed by atoms with Crippen LogP contribution in [0.15, 0.2) is 53.3 Å². The number of piperazine rings is 1. The molecule has 0 aliphatic carbocycles. The van der Waals surface area contributed by atoms with Crippen molar-refractivity contribution in [3.63, 3.8) is 0 Å². The van der Waals surface area contributed by atoms with Crippen LogP contribution in [0.4, 0.5) is 21.7 Å². The van der Waals surface area contributed by atoms with E-state index in [1.807, 2.05) is 12.1 Å². The minimum absolute atomic E-state index is 0.284. The summed E-state index contributed by atoms with van der Waals surface area (Å²) in [4.78, 5) is 19.9. The van der Waals surface area contributed by atoms with E-state index in [1.54, 1.807) is 12.1 Å². The number of halogens is 1. The summed E-state index contributed by atoms with van der Waals surface area (Å²) in [7, 11) is 0. The van der Waals surface area contributed by atoms with Gasteiger partial charge in [-0.15, -0.1) is 10.2 Å². The van der Waals surface area contributed by atoms with Crippen LogP contribution in [0.25, 0.3) is 0 Å². The quantitative estimate of drug-likeness (QED) is 0.653. The Bertz CT molecular complexity index is 1030. The Kier molecular flexibility index (Phi) is 6.04. The molecule has 2 aromatic carbocycles. The summed E-state index contributed by atoms with van der Waals surface area (Å²) in [6.45, 7) is 7.50. The van der Waals surface area contributed by atoms with Crippen molar-refractivity contribution in [3.05, 3.63) is 76.0 Å². The number of nitrogens with one attached hydrogen (secondary N) is 2. The van der Waals surface area contributed by atoms with Crippen molar-refractivity contribution >= 4 is 17.3 Å². The molecule has 1 fully saturated rings. The predicted molar refractivity (Wildman–Crippen MR) is 116 cm³/mol. The number of hydrogen-bond donors (Lipinski definition) is 2. The summed E-state index contributed by atoms with van der Waals surface area (Å²) >= 11 is 0. The molecule has 0 bridgehead atoms. The summed E-state index contributed by atoms with van der Waals surface area (Å²) < 4.78 is 13.0. The van der Waals surface area contributed by atoms with Crippen molar-refractivity contribution in [3.8, 4) is 0 Å². The molecule has 0 amide bonds. The van der Waals surface area contributed by atoms with E-state index >= 15 is 0 Å². The minimum atomic E-state index is -0.317. The van der Waals surface area contributed by atoms with E-state index in [0.717, 1.165) is 44.0 Å². The molecule has 7 nitrogen and oxygen atoms in total. The van der Waals surface area contributed by atoms with Crippen LogP contribution in [-0.2, 0) is 6.42 Å². The van der Waals surface area contributed by atoms with Gasteiger partial charge in [-0.2, -0.15) is 0 Å². The highest BCUT2D eigenvalue weighted by Gasteiger charge is 2.15. The van der Waals surface area contributed by atoms with Crippen LogP contribution in [0.5, 0.6) is 0 Å². The fraction of sp³-hybridized carbons (Fsp3) is 0.318. The summed E-state index contributed by atoms with van der Waals surface area (Å²) in [6.07, 6.45) is 0.295. The lowest BCUT2D eigenvalue weighted by molar-refractivity contribution is 0.271. The van der Waals surface area contributed by atoms with E-state index in [2.05, 4.69) is 49.4 Å². The zero-order valence-corrected chi connectivity index (χ0v) is 16.9. The standard InChI is InChI=1S/C22H25FN6O/c1-2-28-11-13-29(14-12-28)19-9-7-18(8-10-19)24-22-25-21(30)20(26-27-22)15-16-3-5-17(23)6-4-16/h3-10H,2,11-15H2,1H3,(H2,24,25,27,30). The summed E-state index contributed by atoms with van der Waals surface area (Å²) in [5, 5.41) is 11.2. The Morgan fingerprint density at radius 1 is 1.00 bits per heavy atom. The van der Waals surface area contributed by atoms with Gasteiger partial charge in [0, 0.05) is 44.0 Å². The third-order valence-corrected chi connectivity index (χ3v) is 5.36. The van der Waals surface area contributed by atoms with Gasteiger partial charge in [-0.3, -0.25) is 9.78 Å². The molecule has 4 rings (SSSR count). The van der Waals surface area contributed by atoms with Crippen LogP contribution in [-0.4, -0.2) is 52.8 Å². The zero-order valence-electron chi connectivity index (χ0n) is 16.9. The van der Waals surface area contributed by atoms with Crippen LogP contribution in [0.2, 0.25) is 0 Å². The molecule has 156 valence electrons. The summed E-state index contributed by atoms with van der Waals surface area (Å²) in [6, 6.07) is 14.1. The van der Waals surface area contributed by atoms with Crippen molar-refractivity contribution in [2.45, 2.75) is 13.3 Å². The van der Waals surface area contributed by atoms with Crippen LogP contribution in [0.1, 0.15) is 18.2 Å². The lowest BCUT2D eigenvalue weighted by atomic mass is 10.1. The highest BCUT2D eigenvalue weighted by molar-refractivity contribution is 5.59. The van der Waals surface area contributed by atoms with Gasteiger partial charge in [0.2, 0.25) is 5.95 Å². The first-order valence-electron chi connectivity index (χ1n) is 10.2. The molecule has 0 spiro atoms. The maximum Gasteiger partial charge on any atom is 0.274 e. The third kappa shape index (κ3) is 4.83.